The molecule has 20 heavy (non-hydrogen) atoms. The minimum Gasteiger partial charge on any atom is -0.398 e. The van der Waals surface area contributed by atoms with Gasteiger partial charge in [-0.1, -0.05) is 58.4 Å². The summed E-state index contributed by atoms with van der Waals surface area (Å²) in [4.78, 5) is 1.13. The maximum Gasteiger partial charge on any atom is 0.0463 e. The highest BCUT2D eigenvalue weighted by Crippen LogP contribution is 2.32. The molecular weight excluding hydrogens is 330 g/mol. The number of halogens is 1. The minimum atomic E-state index is 0.824. The van der Waals surface area contributed by atoms with Gasteiger partial charge in [0.1, 0.15) is 0 Å². The first kappa shape index (κ1) is 13.5. The monoisotopic (exact) mass is 343 g/mol. The van der Waals surface area contributed by atoms with E-state index in [1.807, 2.05) is 12.1 Å². The third kappa shape index (κ3) is 2.84. The summed E-state index contributed by atoms with van der Waals surface area (Å²) < 4.78 is 1.02. The highest BCUT2D eigenvalue weighted by molar-refractivity contribution is 9.10. The van der Waals surface area contributed by atoms with Gasteiger partial charge in [-0.25, -0.2) is 0 Å². The largest absolute Gasteiger partial charge is 0.398 e. The molecule has 0 amide bonds. The topological polar surface area (TPSA) is 26.0 Å². The number of hydrogen-bond acceptors (Lipinski definition) is 2. The third-order valence-corrected chi connectivity index (χ3v) is 4.87. The molecular formula is C17H14BrNS. The highest BCUT2D eigenvalue weighted by Gasteiger charge is 2.04. The smallest absolute Gasteiger partial charge is 0.0463 e. The Morgan fingerprint density at radius 2 is 1.75 bits per heavy atom. The van der Waals surface area contributed by atoms with E-state index in [4.69, 9.17) is 5.73 Å². The van der Waals surface area contributed by atoms with Gasteiger partial charge in [-0.3, -0.25) is 0 Å². The van der Waals surface area contributed by atoms with Crippen LogP contribution in [0.3, 0.4) is 0 Å². The predicted octanol–water partition coefficient (Wildman–Crippen LogP) is 5.48. The maximum atomic E-state index is 6.05. The Labute approximate surface area is 131 Å². The van der Waals surface area contributed by atoms with Crippen molar-refractivity contribution in [3.8, 4) is 0 Å². The molecule has 0 aromatic heterocycles. The molecule has 0 spiro atoms. The number of anilines is 1. The molecule has 3 aromatic carbocycles. The molecule has 3 aromatic rings. The summed E-state index contributed by atoms with van der Waals surface area (Å²) in [5, 5.41) is 2.60. The van der Waals surface area contributed by atoms with Gasteiger partial charge >= 0.3 is 0 Å². The number of fused-ring (bicyclic) bond motifs is 1. The minimum absolute atomic E-state index is 0.824. The first-order valence-electron chi connectivity index (χ1n) is 6.38. The molecule has 0 fully saturated rings. The molecule has 3 heteroatoms. The van der Waals surface area contributed by atoms with Crippen molar-refractivity contribution in [2.24, 2.45) is 0 Å². The Bertz CT molecular complexity index is 750. The van der Waals surface area contributed by atoms with Crippen molar-refractivity contribution < 1.29 is 0 Å². The first-order chi connectivity index (χ1) is 9.74. The fraction of sp³-hybridized carbons (Fsp3) is 0.0588. The molecule has 0 aliphatic rings. The van der Waals surface area contributed by atoms with Crippen LogP contribution < -0.4 is 5.73 Å². The Kier molecular flexibility index (Phi) is 3.99. The Hall–Kier alpha value is -1.45. The summed E-state index contributed by atoms with van der Waals surface area (Å²) in [6.45, 7) is 0. The average Bonchev–Trinajstić information content (AvgIpc) is 2.46. The van der Waals surface area contributed by atoms with Crippen LogP contribution in [-0.2, 0) is 5.75 Å². The lowest BCUT2D eigenvalue weighted by Crippen LogP contribution is -1.89. The maximum absolute atomic E-state index is 6.05. The molecule has 0 unspecified atom stereocenters. The first-order valence-corrected chi connectivity index (χ1v) is 8.16. The van der Waals surface area contributed by atoms with E-state index >= 15 is 0 Å². The van der Waals surface area contributed by atoms with Crippen molar-refractivity contribution in [1.29, 1.82) is 0 Å². The van der Waals surface area contributed by atoms with Gasteiger partial charge in [0.05, 0.1) is 0 Å². The normalized spacial score (nSPS) is 10.8. The zero-order valence-electron chi connectivity index (χ0n) is 10.8. The molecule has 0 aliphatic heterocycles. The van der Waals surface area contributed by atoms with E-state index in [0.717, 1.165) is 20.8 Å². The summed E-state index contributed by atoms with van der Waals surface area (Å²) in [6.07, 6.45) is 0. The predicted molar refractivity (Wildman–Crippen MR) is 92.1 cm³/mol. The molecule has 0 aliphatic carbocycles. The number of thioether (sulfide) groups is 1. The highest BCUT2D eigenvalue weighted by atomic mass is 79.9. The van der Waals surface area contributed by atoms with Crippen LogP contribution in [0.5, 0.6) is 0 Å². The van der Waals surface area contributed by atoms with Crippen molar-refractivity contribution in [1.82, 2.24) is 0 Å². The van der Waals surface area contributed by atoms with Crippen molar-refractivity contribution in [3.63, 3.8) is 0 Å². The van der Waals surface area contributed by atoms with Crippen LogP contribution in [0.2, 0.25) is 0 Å². The standard InChI is InChI=1S/C17H14BrNS/c18-14-8-9-17(16(19)10-14)20-11-13-6-3-5-12-4-1-2-7-15(12)13/h1-10H,11,19H2. The molecule has 0 atom stereocenters. The van der Waals surface area contributed by atoms with Gasteiger partial charge in [-0.2, -0.15) is 0 Å². The van der Waals surface area contributed by atoms with E-state index in [2.05, 4.69) is 64.5 Å². The van der Waals surface area contributed by atoms with Gasteiger partial charge in [0, 0.05) is 20.8 Å². The Morgan fingerprint density at radius 3 is 2.60 bits per heavy atom. The molecule has 2 N–H and O–H groups in total. The molecule has 3 rings (SSSR count). The van der Waals surface area contributed by atoms with Crippen LogP contribution in [-0.4, -0.2) is 0 Å². The lowest BCUT2D eigenvalue weighted by molar-refractivity contribution is 1.40. The van der Waals surface area contributed by atoms with Crippen LogP contribution in [0.1, 0.15) is 5.56 Å². The van der Waals surface area contributed by atoms with Crippen LogP contribution in [0, 0.1) is 0 Å². The molecule has 0 saturated heterocycles. The Morgan fingerprint density at radius 1 is 0.950 bits per heavy atom. The van der Waals surface area contributed by atoms with Crippen molar-refractivity contribution in [2.45, 2.75) is 10.6 Å². The van der Waals surface area contributed by atoms with Crippen molar-refractivity contribution >= 4 is 44.2 Å². The molecule has 0 heterocycles. The number of hydrogen-bond donors (Lipinski definition) is 1. The van der Waals surface area contributed by atoms with Gasteiger partial charge in [0.15, 0.2) is 0 Å². The summed E-state index contributed by atoms with van der Waals surface area (Å²) in [7, 11) is 0. The number of nitrogen functional groups attached to an aromatic ring is 1. The quantitative estimate of drug-likeness (QED) is 0.503. The van der Waals surface area contributed by atoms with E-state index in [0.29, 0.717) is 0 Å². The van der Waals surface area contributed by atoms with Gasteiger partial charge in [-0.15, -0.1) is 11.8 Å². The van der Waals surface area contributed by atoms with E-state index in [1.54, 1.807) is 11.8 Å². The fourth-order valence-electron chi connectivity index (χ4n) is 2.22. The second kappa shape index (κ2) is 5.90. The zero-order chi connectivity index (χ0) is 13.9. The number of rotatable bonds is 3. The van der Waals surface area contributed by atoms with Crippen LogP contribution in [0.25, 0.3) is 10.8 Å². The van der Waals surface area contributed by atoms with Crippen LogP contribution in [0.15, 0.2) is 70.0 Å². The molecule has 1 nitrogen and oxygen atoms in total. The summed E-state index contributed by atoms with van der Waals surface area (Å²) >= 11 is 5.21. The average molecular weight is 344 g/mol. The lowest BCUT2D eigenvalue weighted by Gasteiger charge is -2.08. The molecule has 0 bridgehead atoms. The van der Waals surface area contributed by atoms with Crippen molar-refractivity contribution in [2.75, 3.05) is 5.73 Å². The van der Waals surface area contributed by atoms with Gasteiger partial charge in [0.2, 0.25) is 0 Å². The van der Waals surface area contributed by atoms with Gasteiger partial charge < -0.3 is 5.73 Å². The number of nitrogens with two attached hydrogens (primary N) is 1. The lowest BCUT2D eigenvalue weighted by atomic mass is 10.1. The third-order valence-electron chi connectivity index (χ3n) is 3.23. The van der Waals surface area contributed by atoms with Gasteiger partial charge in [-0.05, 0) is 34.5 Å². The second-order valence-corrected chi connectivity index (χ2v) is 6.54. The van der Waals surface area contributed by atoms with Crippen LogP contribution >= 0.6 is 27.7 Å². The van der Waals surface area contributed by atoms with E-state index in [9.17, 15) is 0 Å². The number of benzene rings is 3. The van der Waals surface area contributed by atoms with E-state index < -0.39 is 0 Å². The zero-order valence-corrected chi connectivity index (χ0v) is 13.2. The van der Waals surface area contributed by atoms with Crippen molar-refractivity contribution in [3.05, 3.63) is 70.7 Å². The van der Waals surface area contributed by atoms with E-state index in [1.165, 1.54) is 16.3 Å². The second-order valence-electron chi connectivity index (χ2n) is 4.61. The van der Waals surface area contributed by atoms with E-state index in [-0.39, 0.29) is 0 Å². The molecule has 100 valence electrons. The van der Waals surface area contributed by atoms with Gasteiger partial charge in [0.25, 0.3) is 0 Å². The fourth-order valence-corrected chi connectivity index (χ4v) is 3.56. The van der Waals surface area contributed by atoms with Crippen LogP contribution in [0.4, 0.5) is 5.69 Å². The SMILES string of the molecule is Nc1cc(Br)ccc1SCc1cccc2ccccc12. The summed E-state index contributed by atoms with van der Waals surface area (Å²) in [6, 6.07) is 21.0. The summed E-state index contributed by atoms with van der Waals surface area (Å²) in [5.41, 5.74) is 8.21. The molecule has 0 radical (unpaired) electrons. The summed E-state index contributed by atoms with van der Waals surface area (Å²) in [5.74, 6) is 0.924. The molecule has 0 saturated carbocycles. The Balaban J connectivity index is 1.87.